The summed E-state index contributed by atoms with van der Waals surface area (Å²) in [4.78, 5) is 25.7. The van der Waals surface area contributed by atoms with Gasteiger partial charge in [-0.2, -0.15) is 0 Å². The molecule has 0 aliphatic rings. The van der Waals surface area contributed by atoms with Gasteiger partial charge in [-0.3, -0.25) is 9.59 Å². The molecule has 1 aromatic heterocycles. The normalized spacial score (nSPS) is 10.3. The van der Waals surface area contributed by atoms with Crippen molar-refractivity contribution in [1.29, 1.82) is 0 Å². The van der Waals surface area contributed by atoms with Gasteiger partial charge in [-0.1, -0.05) is 0 Å². The molecule has 0 fully saturated rings. The third kappa shape index (κ3) is 6.20. The van der Waals surface area contributed by atoms with Crippen LogP contribution in [-0.2, 0) is 20.7 Å². The molecule has 6 heteroatoms. The summed E-state index contributed by atoms with van der Waals surface area (Å²) >= 11 is 5.09. The van der Waals surface area contributed by atoms with Crippen molar-refractivity contribution < 1.29 is 14.3 Å². The molecule has 19 heavy (non-hydrogen) atoms. The molecule has 0 spiro atoms. The molecule has 1 aromatic rings. The predicted octanol–water partition coefficient (Wildman–Crippen LogP) is 2.85. The zero-order valence-electron chi connectivity index (χ0n) is 11.1. The van der Waals surface area contributed by atoms with Crippen molar-refractivity contribution in [1.82, 2.24) is 4.90 Å². The number of likely N-dealkylation sites (N-methyl/N-ethyl adjacent to an activating group) is 1. The Morgan fingerprint density at radius 3 is 2.74 bits per heavy atom. The first-order valence-corrected chi connectivity index (χ1v) is 7.77. The van der Waals surface area contributed by atoms with Gasteiger partial charge >= 0.3 is 5.97 Å². The van der Waals surface area contributed by atoms with Gasteiger partial charge in [0, 0.05) is 18.3 Å². The van der Waals surface area contributed by atoms with E-state index in [9.17, 15) is 9.59 Å². The highest BCUT2D eigenvalue weighted by molar-refractivity contribution is 9.11. The SMILES string of the molecule is CCOC(=O)CN(C)C(=O)CCCc1ccc(Br)s1. The van der Waals surface area contributed by atoms with Crippen molar-refractivity contribution in [2.24, 2.45) is 0 Å². The molecule has 0 N–H and O–H groups in total. The number of thiophene rings is 1. The Labute approximate surface area is 125 Å². The molecule has 0 radical (unpaired) electrons. The highest BCUT2D eigenvalue weighted by Gasteiger charge is 2.13. The van der Waals surface area contributed by atoms with Crippen LogP contribution in [0.25, 0.3) is 0 Å². The van der Waals surface area contributed by atoms with Crippen molar-refractivity contribution in [2.75, 3.05) is 20.2 Å². The highest BCUT2D eigenvalue weighted by atomic mass is 79.9. The topological polar surface area (TPSA) is 46.6 Å². The number of rotatable bonds is 7. The Bertz CT molecular complexity index is 433. The average molecular weight is 348 g/mol. The van der Waals surface area contributed by atoms with Crippen LogP contribution in [-0.4, -0.2) is 37.0 Å². The minimum atomic E-state index is -0.361. The van der Waals surface area contributed by atoms with E-state index in [0.29, 0.717) is 13.0 Å². The molecule has 0 aromatic carbocycles. The van der Waals surface area contributed by atoms with Gasteiger partial charge < -0.3 is 9.64 Å². The number of hydrogen-bond donors (Lipinski definition) is 0. The second-order valence-corrected chi connectivity index (χ2v) is 6.66. The van der Waals surface area contributed by atoms with E-state index in [1.807, 2.05) is 6.07 Å². The summed E-state index contributed by atoms with van der Waals surface area (Å²) < 4.78 is 5.91. The number of hydrogen-bond acceptors (Lipinski definition) is 4. The van der Waals surface area contributed by atoms with E-state index in [1.165, 1.54) is 9.78 Å². The van der Waals surface area contributed by atoms with Crippen LogP contribution in [0.3, 0.4) is 0 Å². The molecule has 0 saturated heterocycles. The van der Waals surface area contributed by atoms with Crippen molar-refractivity contribution >= 4 is 39.1 Å². The summed E-state index contributed by atoms with van der Waals surface area (Å²) in [6, 6.07) is 4.07. The minimum absolute atomic E-state index is 0.0244. The standard InChI is InChI=1S/C13H18BrNO3S/c1-3-18-13(17)9-15(2)12(16)6-4-5-10-7-8-11(14)19-10/h7-8H,3-6,9H2,1-2H3. The summed E-state index contributed by atoms with van der Waals surface area (Å²) in [5.74, 6) is -0.385. The maximum atomic E-state index is 11.8. The van der Waals surface area contributed by atoms with Gasteiger partial charge in [0.05, 0.1) is 10.4 Å². The summed E-state index contributed by atoms with van der Waals surface area (Å²) in [7, 11) is 1.63. The van der Waals surface area contributed by atoms with Crippen LogP contribution in [0.5, 0.6) is 0 Å². The number of carbonyl (C=O) groups is 2. The fourth-order valence-electron chi connectivity index (χ4n) is 1.58. The molecular weight excluding hydrogens is 330 g/mol. The number of amides is 1. The van der Waals surface area contributed by atoms with E-state index in [0.717, 1.165) is 16.6 Å². The third-order valence-corrected chi connectivity index (χ3v) is 4.22. The van der Waals surface area contributed by atoms with E-state index in [4.69, 9.17) is 4.74 Å². The van der Waals surface area contributed by atoms with Crippen LogP contribution in [0, 0.1) is 0 Å². The summed E-state index contributed by atoms with van der Waals surface area (Å²) in [6.07, 6.45) is 2.12. The van der Waals surface area contributed by atoms with Crippen LogP contribution in [0.1, 0.15) is 24.6 Å². The number of nitrogens with zero attached hydrogens (tertiary/aromatic N) is 1. The van der Waals surface area contributed by atoms with E-state index >= 15 is 0 Å². The molecule has 0 aliphatic carbocycles. The van der Waals surface area contributed by atoms with E-state index in [1.54, 1.807) is 25.3 Å². The molecular formula is C13H18BrNO3S. The van der Waals surface area contributed by atoms with Crippen LogP contribution in [0.4, 0.5) is 0 Å². The van der Waals surface area contributed by atoms with Crippen LogP contribution in [0.15, 0.2) is 15.9 Å². The van der Waals surface area contributed by atoms with Gasteiger partial charge in [-0.25, -0.2) is 0 Å². The first-order valence-electron chi connectivity index (χ1n) is 6.16. The van der Waals surface area contributed by atoms with Gasteiger partial charge in [0.1, 0.15) is 6.54 Å². The highest BCUT2D eigenvalue weighted by Crippen LogP contribution is 2.23. The second kappa shape index (κ2) is 8.32. The summed E-state index contributed by atoms with van der Waals surface area (Å²) in [5, 5.41) is 0. The van der Waals surface area contributed by atoms with E-state index in [-0.39, 0.29) is 18.4 Å². The Balaban J connectivity index is 2.24. The lowest BCUT2D eigenvalue weighted by Crippen LogP contribution is -2.32. The van der Waals surface area contributed by atoms with Crippen LogP contribution < -0.4 is 0 Å². The van der Waals surface area contributed by atoms with E-state index < -0.39 is 0 Å². The molecule has 1 rings (SSSR count). The number of ether oxygens (including phenoxy) is 1. The van der Waals surface area contributed by atoms with Gasteiger partial charge in [-0.05, 0) is 47.8 Å². The minimum Gasteiger partial charge on any atom is -0.465 e. The molecule has 0 bridgehead atoms. The quantitative estimate of drug-likeness (QED) is 0.712. The van der Waals surface area contributed by atoms with Crippen molar-refractivity contribution in [3.8, 4) is 0 Å². The Morgan fingerprint density at radius 2 is 2.16 bits per heavy atom. The molecule has 1 amide bonds. The molecule has 0 unspecified atom stereocenters. The Morgan fingerprint density at radius 1 is 1.42 bits per heavy atom. The van der Waals surface area contributed by atoms with Crippen LogP contribution in [0.2, 0.25) is 0 Å². The molecule has 0 saturated carbocycles. The largest absolute Gasteiger partial charge is 0.465 e. The second-order valence-electron chi connectivity index (χ2n) is 4.11. The van der Waals surface area contributed by atoms with Crippen molar-refractivity contribution in [2.45, 2.75) is 26.2 Å². The maximum Gasteiger partial charge on any atom is 0.325 e. The number of aryl methyl sites for hydroxylation is 1. The molecule has 106 valence electrons. The first kappa shape index (κ1) is 16.2. The average Bonchev–Trinajstić information content (AvgIpc) is 2.75. The fraction of sp³-hybridized carbons (Fsp3) is 0.538. The van der Waals surface area contributed by atoms with Crippen molar-refractivity contribution in [3.63, 3.8) is 0 Å². The van der Waals surface area contributed by atoms with Gasteiger partial charge in [-0.15, -0.1) is 11.3 Å². The molecule has 4 nitrogen and oxygen atoms in total. The third-order valence-electron chi connectivity index (χ3n) is 2.54. The lowest BCUT2D eigenvalue weighted by Gasteiger charge is -2.15. The Kier molecular flexibility index (Phi) is 7.09. The summed E-state index contributed by atoms with van der Waals surface area (Å²) in [6.45, 7) is 2.12. The Hall–Kier alpha value is -0.880. The molecule has 1 heterocycles. The van der Waals surface area contributed by atoms with Gasteiger partial charge in [0.2, 0.25) is 5.91 Å². The zero-order chi connectivity index (χ0) is 14.3. The number of halogens is 1. The smallest absolute Gasteiger partial charge is 0.325 e. The first-order chi connectivity index (χ1) is 9.02. The monoisotopic (exact) mass is 347 g/mol. The molecule has 0 atom stereocenters. The zero-order valence-corrected chi connectivity index (χ0v) is 13.6. The van der Waals surface area contributed by atoms with Crippen molar-refractivity contribution in [3.05, 3.63) is 20.8 Å². The maximum absolute atomic E-state index is 11.8. The lowest BCUT2D eigenvalue weighted by molar-refractivity contribution is -0.148. The van der Waals surface area contributed by atoms with E-state index in [2.05, 4.69) is 22.0 Å². The number of carbonyl (C=O) groups excluding carboxylic acids is 2. The molecule has 0 aliphatic heterocycles. The predicted molar refractivity (Wildman–Crippen MR) is 79.2 cm³/mol. The van der Waals surface area contributed by atoms with Gasteiger partial charge in [0.15, 0.2) is 0 Å². The lowest BCUT2D eigenvalue weighted by atomic mass is 10.2. The summed E-state index contributed by atoms with van der Waals surface area (Å²) in [5.41, 5.74) is 0. The number of esters is 1. The van der Waals surface area contributed by atoms with Crippen LogP contribution >= 0.6 is 27.3 Å². The van der Waals surface area contributed by atoms with Gasteiger partial charge in [0.25, 0.3) is 0 Å². The fourth-order valence-corrected chi connectivity index (χ4v) is 3.10.